The van der Waals surface area contributed by atoms with Gasteiger partial charge in [-0.05, 0) is 43.9 Å². The minimum Gasteiger partial charge on any atom is -0.300 e. The molecule has 1 aromatic carbocycles. The van der Waals surface area contributed by atoms with E-state index in [0.717, 1.165) is 5.92 Å². The summed E-state index contributed by atoms with van der Waals surface area (Å²) in [4.78, 5) is 2.62. The van der Waals surface area contributed by atoms with Crippen LogP contribution in [0.3, 0.4) is 0 Å². The Bertz CT molecular complexity index is 398. The summed E-state index contributed by atoms with van der Waals surface area (Å²) in [6, 6.07) is 9.65. The molecule has 1 nitrogen and oxygen atoms in total. The van der Waals surface area contributed by atoms with Crippen molar-refractivity contribution in [1.82, 2.24) is 4.90 Å². The molecule has 2 heteroatoms. The molecule has 0 aromatic heterocycles. The number of hydrogen-bond acceptors (Lipinski definition) is 1. The van der Waals surface area contributed by atoms with Crippen molar-refractivity contribution in [2.75, 3.05) is 13.1 Å². The summed E-state index contributed by atoms with van der Waals surface area (Å²) in [5.74, 6) is 0.913. The summed E-state index contributed by atoms with van der Waals surface area (Å²) < 4.78 is 1.18. The molecule has 2 aliphatic rings. The van der Waals surface area contributed by atoms with Crippen LogP contribution in [0.5, 0.6) is 0 Å². The van der Waals surface area contributed by atoms with Crippen molar-refractivity contribution in [1.29, 1.82) is 0 Å². The molecule has 0 N–H and O–H groups in total. The van der Waals surface area contributed by atoms with Crippen LogP contribution in [0.15, 0.2) is 28.7 Å². The molecule has 86 valence electrons. The zero-order valence-electron chi connectivity index (χ0n) is 9.91. The standard InChI is InChI=1S/C14H18BrN/c1-10(2)16-8-12-7-14(12,9-16)11-3-5-13(15)6-4-11/h3-6,10,12H,7-9H2,1-2H3/t12-,14+/m1/s1. The average Bonchev–Trinajstić information content (AvgIpc) is 2.82. The quantitative estimate of drug-likeness (QED) is 0.802. The predicted molar refractivity (Wildman–Crippen MR) is 70.6 cm³/mol. The first-order chi connectivity index (χ1) is 7.62. The topological polar surface area (TPSA) is 3.24 Å². The smallest absolute Gasteiger partial charge is 0.0175 e. The minimum atomic E-state index is 0.505. The van der Waals surface area contributed by atoms with E-state index in [2.05, 4.69) is 58.9 Å². The predicted octanol–water partition coefficient (Wildman–Crippen LogP) is 3.43. The van der Waals surface area contributed by atoms with E-state index >= 15 is 0 Å². The SMILES string of the molecule is CC(C)N1C[C@H]2C[C@@]2(c2ccc(Br)cc2)C1. The molecule has 3 rings (SSSR count). The summed E-state index contributed by atoms with van der Waals surface area (Å²) in [7, 11) is 0. The van der Waals surface area contributed by atoms with Gasteiger partial charge in [-0.1, -0.05) is 28.1 Å². The molecule has 0 radical (unpaired) electrons. The average molecular weight is 280 g/mol. The van der Waals surface area contributed by atoms with E-state index in [1.165, 1.54) is 24.0 Å². The first-order valence-electron chi connectivity index (χ1n) is 6.12. The molecule has 1 aromatic rings. The number of piperidine rings is 1. The van der Waals surface area contributed by atoms with Gasteiger partial charge in [0.05, 0.1) is 0 Å². The normalized spacial score (nSPS) is 33.1. The molecule has 0 amide bonds. The molecular formula is C14H18BrN. The van der Waals surface area contributed by atoms with E-state index in [4.69, 9.17) is 0 Å². The Hall–Kier alpha value is -0.340. The molecule has 1 aliphatic carbocycles. The summed E-state index contributed by atoms with van der Waals surface area (Å²) in [6.45, 7) is 7.17. The molecule has 0 unspecified atom stereocenters. The van der Waals surface area contributed by atoms with Crippen LogP contribution in [-0.2, 0) is 5.41 Å². The van der Waals surface area contributed by atoms with Crippen molar-refractivity contribution >= 4 is 15.9 Å². The second-order valence-corrected chi connectivity index (χ2v) is 6.50. The second kappa shape index (κ2) is 3.58. The van der Waals surface area contributed by atoms with Gasteiger partial charge >= 0.3 is 0 Å². The zero-order chi connectivity index (χ0) is 11.3. The maximum Gasteiger partial charge on any atom is 0.0175 e. The Morgan fingerprint density at radius 1 is 1.31 bits per heavy atom. The van der Waals surface area contributed by atoms with E-state index < -0.39 is 0 Å². The lowest BCUT2D eigenvalue weighted by molar-refractivity contribution is 0.243. The third-order valence-electron chi connectivity index (χ3n) is 4.32. The Balaban J connectivity index is 1.84. The molecule has 1 heterocycles. The van der Waals surface area contributed by atoms with E-state index in [1.54, 1.807) is 5.56 Å². The third kappa shape index (κ3) is 1.54. The van der Waals surface area contributed by atoms with Crippen LogP contribution in [0, 0.1) is 5.92 Å². The highest BCUT2D eigenvalue weighted by Gasteiger charge is 2.60. The van der Waals surface area contributed by atoms with Crippen LogP contribution < -0.4 is 0 Å². The van der Waals surface area contributed by atoms with Crippen molar-refractivity contribution in [3.05, 3.63) is 34.3 Å². The van der Waals surface area contributed by atoms with Crippen molar-refractivity contribution in [3.63, 3.8) is 0 Å². The molecule has 0 spiro atoms. The monoisotopic (exact) mass is 279 g/mol. The molecule has 1 saturated heterocycles. The van der Waals surface area contributed by atoms with Gasteiger partial charge in [-0.3, -0.25) is 4.90 Å². The van der Waals surface area contributed by atoms with Gasteiger partial charge in [-0.2, -0.15) is 0 Å². The van der Waals surface area contributed by atoms with Gasteiger partial charge in [0.1, 0.15) is 0 Å². The fourth-order valence-electron chi connectivity index (χ4n) is 3.14. The van der Waals surface area contributed by atoms with Crippen LogP contribution in [0.1, 0.15) is 25.8 Å². The largest absolute Gasteiger partial charge is 0.300 e. The minimum absolute atomic E-state index is 0.505. The maximum atomic E-state index is 3.51. The number of likely N-dealkylation sites (tertiary alicyclic amines) is 1. The lowest BCUT2D eigenvalue weighted by Gasteiger charge is -2.24. The molecule has 1 aliphatic heterocycles. The zero-order valence-corrected chi connectivity index (χ0v) is 11.5. The Morgan fingerprint density at radius 3 is 2.56 bits per heavy atom. The number of nitrogens with zero attached hydrogens (tertiary/aromatic N) is 1. The number of fused-ring (bicyclic) bond motifs is 1. The first kappa shape index (κ1) is 10.8. The van der Waals surface area contributed by atoms with E-state index in [-0.39, 0.29) is 0 Å². The van der Waals surface area contributed by atoms with Crippen molar-refractivity contribution in [2.45, 2.75) is 31.7 Å². The summed E-state index contributed by atoms with van der Waals surface area (Å²) in [5, 5.41) is 0. The van der Waals surface area contributed by atoms with Crippen LogP contribution in [-0.4, -0.2) is 24.0 Å². The highest BCUT2D eigenvalue weighted by molar-refractivity contribution is 9.10. The van der Waals surface area contributed by atoms with Crippen molar-refractivity contribution < 1.29 is 0 Å². The van der Waals surface area contributed by atoms with Gasteiger partial charge in [0.15, 0.2) is 0 Å². The maximum absolute atomic E-state index is 3.51. The summed E-state index contributed by atoms with van der Waals surface area (Å²) >= 11 is 3.51. The van der Waals surface area contributed by atoms with Crippen molar-refractivity contribution in [2.24, 2.45) is 5.92 Å². The van der Waals surface area contributed by atoms with Crippen LogP contribution in [0.25, 0.3) is 0 Å². The summed E-state index contributed by atoms with van der Waals surface area (Å²) in [6.07, 6.45) is 1.40. The van der Waals surface area contributed by atoms with Gasteiger partial charge in [0, 0.05) is 29.0 Å². The van der Waals surface area contributed by atoms with Gasteiger partial charge in [0.2, 0.25) is 0 Å². The molecule has 16 heavy (non-hydrogen) atoms. The van der Waals surface area contributed by atoms with Gasteiger partial charge in [-0.25, -0.2) is 0 Å². The van der Waals surface area contributed by atoms with E-state index in [1.807, 2.05) is 0 Å². The Kier molecular flexibility index (Phi) is 2.41. The van der Waals surface area contributed by atoms with Gasteiger partial charge in [-0.15, -0.1) is 0 Å². The third-order valence-corrected chi connectivity index (χ3v) is 4.85. The highest BCUT2D eigenvalue weighted by Crippen LogP contribution is 2.59. The lowest BCUT2D eigenvalue weighted by atomic mass is 9.95. The second-order valence-electron chi connectivity index (χ2n) is 5.59. The molecule has 2 atom stereocenters. The Morgan fingerprint density at radius 2 is 2.00 bits per heavy atom. The molecule has 2 fully saturated rings. The van der Waals surface area contributed by atoms with Crippen LogP contribution in [0.2, 0.25) is 0 Å². The van der Waals surface area contributed by atoms with Crippen LogP contribution in [0.4, 0.5) is 0 Å². The summed E-state index contributed by atoms with van der Waals surface area (Å²) in [5.41, 5.74) is 2.05. The van der Waals surface area contributed by atoms with Crippen molar-refractivity contribution in [3.8, 4) is 0 Å². The molecule has 0 bridgehead atoms. The lowest BCUT2D eigenvalue weighted by Crippen LogP contribution is -2.32. The van der Waals surface area contributed by atoms with Gasteiger partial charge in [0.25, 0.3) is 0 Å². The first-order valence-corrected chi connectivity index (χ1v) is 6.91. The number of benzene rings is 1. The fourth-order valence-corrected chi connectivity index (χ4v) is 3.41. The Labute approximate surface area is 106 Å². The number of rotatable bonds is 2. The highest BCUT2D eigenvalue weighted by atomic mass is 79.9. The number of hydrogen-bond donors (Lipinski definition) is 0. The van der Waals surface area contributed by atoms with E-state index in [9.17, 15) is 0 Å². The molecule has 1 saturated carbocycles. The number of halogens is 1. The van der Waals surface area contributed by atoms with Gasteiger partial charge < -0.3 is 0 Å². The fraction of sp³-hybridized carbons (Fsp3) is 0.571. The van der Waals surface area contributed by atoms with Crippen LogP contribution >= 0.6 is 15.9 Å². The van der Waals surface area contributed by atoms with E-state index in [0.29, 0.717) is 11.5 Å². The molecular weight excluding hydrogens is 262 g/mol.